The lowest BCUT2D eigenvalue weighted by Crippen LogP contribution is -2.32. The minimum Gasteiger partial charge on any atom is -0.477 e. The molecule has 0 bridgehead atoms. The second-order valence-corrected chi connectivity index (χ2v) is 6.33. The number of aromatic carboxylic acids is 1. The Bertz CT molecular complexity index is 500. The highest BCUT2D eigenvalue weighted by Crippen LogP contribution is 2.42. The summed E-state index contributed by atoms with van der Waals surface area (Å²) in [5, 5.41) is 9.29. The van der Waals surface area contributed by atoms with Gasteiger partial charge < -0.3 is 14.4 Å². The predicted molar refractivity (Wildman–Crippen MR) is 76.1 cm³/mol. The summed E-state index contributed by atoms with van der Waals surface area (Å²) < 4.78 is 8.16. The van der Waals surface area contributed by atoms with E-state index in [-0.39, 0.29) is 11.7 Å². The normalized spacial score (nSPS) is 25.1. The maximum atomic E-state index is 11.3. The SMILES string of the molecule is Cc1ccn(CC2CCC3(CCCCC3)O2)c1C(=O)O. The molecular weight excluding hydrogens is 254 g/mol. The molecule has 1 spiro atoms. The second kappa shape index (κ2) is 5.24. The van der Waals surface area contributed by atoms with Crippen LogP contribution in [0.2, 0.25) is 0 Å². The number of hydrogen-bond acceptors (Lipinski definition) is 2. The summed E-state index contributed by atoms with van der Waals surface area (Å²) in [6.07, 6.45) is 10.5. The Labute approximate surface area is 119 Å². The molecule has 1 N–H and O–H groups in total. The van der Waals surface area contributed by atoms with Crippen LogP contribution in [-0.2, 0) is 11.3 Å². The third-order valence-corrected chi connectivity index (χ3v) is 4.87. The average molecular weight is 277 g/mol. The Morgan fingerprint density at radius 2 is 2.15 bits per heavy atom. The molecule has 0 amide bonds. The molecule has 0 radical (unpaired) electrons. The Morgan fingerprint density at radius 3 is 2.85 bits per heavy atom. The summed E-state index contributed by atoms with van der Waals surface area (Å²) in [7, 11) is 0. The van der Waals surface area contributed by atoms with Gasteiger partial charge in [0, 0.05) is 12.7 Å². The summed E-state index contributed by atoms with van der Waals surface area (Å²) in [5.74, 6) is -0.849. The molecule has 2 heterocycles. The molecule has 2 aliphatic rings. The maximum absolute atomic E-state index is 11.3. The number of nitrogens with zero attached hydrogens (tertiary/aromatic N) is 1. The summed E-state index contributed by atoms with van der Waals surface area (Å²) >= 11 is 0. The van der Waals surface area contributed by atoms with Crippen molar-refractivity contribution < 1.29 is 14.6 Å². The second-order valence-electron chi connectivity index (χ2n) is 6.33. The molecule has 3 rings (SSSR count). The Balaban J connectivity index is 1.69. The smallest absolute Gasteiger partial charge is 0.352 e. The molecule has 2 fully saturated rings. The van der Waals surface area contributed by atoms with Crippen LogP contribution in [0.3, 0.4) is 0 Å². The molecule has 110 valence electrons. The third-order valence-electron chi connectivity index (χ3n) is 4.87. The van der Waals surface area contributed by atoms with Gasteiger partial charge in [-0.3, -0.25) is 0 Å². The molecule has 1 atom stereocenters. The van der Waals surface area contributed by atoms with Crippen LogP contribution in [0.15, 0.2) is 12.3 Å². The molecule has 1 aromatic rings. The van der Waals surface area contributed by atoms with Crippen LogP contribution < -0.4 is 0 Å². The number of aryl methyl sites for hydroxylation is 1. The zero-order valence-corrected chi connectivity index (χ0v) is 12.1. The fraction of sp³-hybridized carbons (Fsp3) is 0.688. The van der Waals surface area contributed by atoms with E-state index in [4.69, 9.17) is 4.74 Å². The zero-order valence-electron chi connectivity index (χ0n) is 12.1. The van der Waals surface area contributed by atoms with E-state index < -0.39 is 5.97 Å². The number of ether oxygens (including phenoxy) is 1. The van der Waals surface area contributed by atoms with Gasteiger partial charge in [0.05, 0.1) is 11.7 Å². The molecule has 20 heavy (non-hydrogen) atoms. The van der Waals surface area contributed by atoms with Gasteiger partial charge in [0.2, 0.25) is 0 Å². The first kappa shape index (κ1) is 13.7. The zero-order chi connectivity index (χ0) is 14.2. The van der Waals surface area contributed by atoms with E-state index in [9.17, 15) is 9.90 Å². The van der Waals surface area contributed by atoms with Gasteiger partial charge in [-0.05, 0) is 44.2 Å². The third kappa shape index (κ3) is 2.49. The van der Waals surface area contributed by atoms with Crippen molar-refractivity contribution >= 4 is 5.97 Å². The summed E-state index contributed by atoms with van der Waals surface area (Å²) in [6.45, 7) is 2.51. The Hall–Kier alpha value is -1.29. The van der Waals surface area contributed by atoms with Crippen LogP contribution in [0.5, 0.6) is 0 Å². The van der Waals surface area contributed by atoms with Crippen molar-refractivity contribution in [1.82, 2.24) is 4.57 Å². The topological polar surface area (TPSA) is 51.5 Å². The minimum atomic E-state index is -0.849. The first-order valence-electron chi connectivity index (χ1n) is 7.66. The van der Waals surface area contributed by atoms with Gasteiger partial charge in [-0.25, -0.2) is 4.79 Å². The number of hydrogen-bond donors (Lipinski definition) is 1. The molecule has 1 aliphatic heterocycles. The molecule has 1 unspecified atom stereocenters. The van der Waals surface area contributed by atoms with Gasteiger partial charge in [0.15, 0.2) is 0 Å². The summed E-state index contributed by atoms with van der Waals surface area (Å²) in [6, 6.07) is 1.87. The van der Waals surface area contributed by atoms with E-state index in [2.05, 4.69) is 0 Å². The van der Waals surface area contributed by atoms with Gasteiger partial charge in [-0.1, -0.05) is 19.3 Å². The fourth-order valence-corrected chi connectivity index (χ4v) is 3.83. The van der Waals surface area contributed by atoms with Crippen molar-refractivity contribution in [3.8, 4) is 0 Å². The van der Waals surface area contributed by atoms with E-state index >= 15 is 0 Å². The van der Waals surface area contributed by atoms with Crippen LogP contribution in [0.4, 0.5) is 0 Å². The average Bonchev–Trinajstić information content (AvgIpc) is 2.96. The van der Waals surface area contributed by atoms with Gasteiger partial charge in [0.1, 0.15) is 5.69 Å². The van der Waals surface area contributed by atoms with Gasteiger partial charge in [-0.15, -0.1) is 0 Å². The summed E-state index contributed by atoms with van der Waals surface area (Å²) in [4.78, 5) is 11.3. The van der Waals surface area contributed by atoms with Crippen molar-refractivity contribution in [2.75, 3.05) is 0 Å². The predicted octanol–water partition coefficient (Wildman–Crippen LogP) is 3.38. The molecule has 1 saturated heterocycles. The van der Waals surface area contributed by atoms with Crippen molar-refractivity contribution in [3.05, 3.63) is 23.5 Å². The standard InChI is InChI=1S/C16H23NO3/c1-12-6-10-17(14(12)15(18)19)11-13-5-9-16(20-13)7-3-2-4-8-16/h6,10,13H,2-5,7-9,11H2,1H3,(H,18,19). The van der Waals surface area contributed by atoms with E-state index in [1.54, 1.807) is 0 Å². The van der Waals surface area contributed by atoms with Crippen molar-refractivity contribution in [3.63, 3.8) is 0 Å². The van der Waals surface area contributed by atoms with Crippen LogP contribution in [0.1, 0.15) is 61.0 Å². The lowest BCUT2D eigenvalue weighted by Gasteiger charge is -2.33. The van der Waals surface area contributed by atoms with E-state index in [0.717, 1.165) is 18.4 Å². The number of carbonyl (C=O) groups is 1. The van der Waals surface area contributed by atoms with Crippen molar-refractivity contribution in [2.45, 2.75) is 70.1 Å². The Kier molecular flexibility index (Phi) is 3.59. The van der Waals surface area contributed by atoms with Crippen molar-refractivity contribution in [1.29, 1.82) is 0 Å². The minimum absolute atomic E-state index is 0.106. The maximum Gasteiger partial charge on any atom is 0.352 e. The van der Waals surface area contributed by atoms with Gasteiger partial charge in [-0.2, -0.15) is 0 Å². The molecule has 1 aliphatic carbocycles. The first-order chi connectivity index (χ1) is 9.60. The molecule has 4 heteroatoms. The molecule has 1 aromatic heterocycles. The highest BCUT2D eigenvalue weighted by atomic mass is 16.5. The monoisotopic (exact) mass is 277 g/mol. The summed E-state index contributed by atoms with van der Waals surface area (Å²) in [5.41, 5.74) is 1.33. The number of carboxylic acid groups (broad SMARTS) is 1. The molecule has 0 aromatic carbocycles. The van der Waals surface area contributed by atoms with Crippen LogP contribution >= 0.6 is 0 Å². The highest BCUT2D eigenvalue weighted by molar-refractivity contribution is 5.87. The quantitative estimate of drug-likeness (QED) is 0.921. The van der Waals surface area contributed by atoms with Crippen molar-refractivity contribution in [2.24, 2.45) is 0 Å². The number of carboxylic acids is 1. The lowest BCUT2D eigenvalue weighted by molar-refractivity contribution is -0.0680. The van der Waals surface area contributed by atoms with Gasteiger partial charge in [0.25, 0.3) is 0 Å². The fourth-order valence-electron chi connectivity index (χ4n) is 3.83. The lowest BCUT2D eigenvalue weighted by atomic mass is 9.83. The molecule has 1 saturated carbocycles. The van der Waals surface area contributed by atoms with E-state index in [1.807, 2.05) is 23.8 Å². The van der Waals surface area contributed by atoms with E-state index in [0.29, 0.717) is 12.2 Å². The van der Waals surface area contributed by atoms with Crippen LogP contribution in [0, 0.1) is 6.92 Å². The van der Waals surface area contributed by atoms with E-state index in [1.165, 1.54) is 32.1 Å². The van der Waals surface area contributed by atoms with Gasteiger partial charge >= 0.3 is 5.97 Å². The first-order valence-corrected chi connectivity index (χ1v) is 7.66. The highest BCUT2D eigenvalue weighted by Gasteiger charge is 2.40. The number of aromatic nitrogens is 1. The van der Waals surface area contributed by atoms with Crippen LogP contribution in [-0.4, -0.2) is 27.3 Å². The largest absolute Gasteiger partial charge is 0.477 e. The molecular formula is C16H23NO3. The van der Waals surface area contributed by atoms with Crippen LogP contribution in [0.25, 0.3) is 0 Å². The Morgan fingerprint density at radius 1 is 1.40 bits per heavy atom. The number of rotatable bonds is 3. The molecule has 4 nitrogen and oxygen atoms in total.